The molecule has 5 heteroatoms. The molecular weight excluding hydrogens is 378 g/mol. The van der Waals surface area contributed by atoms with Gasteiger partial charge in [-0.25, -0.2) is 0 Å². The summed E-state index contributed by atoms with van der Waals surface area (Å²) < 4.78 is 11.0. The van der Waals surface area contributed by atoms with E-state index >= 15 is 0 Å². The van der Waals surface area contributed by atoms with Crippen LogP contribution in [0.3, 0.4) is 0 Å². The van der Waals surface area contributed by atoms with Crippen molar-refractivity contribution in [3.63, 3.8) is 0 Å². The maximum atomic E-state index is 13.2. The maximum absolute atomic E-state index is 13.2. The molecular formula is C25H25NO4. The van der Waals surface area contributed by atoms with Gasteiger partial charge in [-0.05, 0) is 42.3 Å². The van der Waals surface area contributed by atoms with Crippen LogP contribution in [-0.2, 0) is 14.3 Å². The number of carbonyl (C=O) groups is 2. The monoisotopic (exact) mass is 403 g/mol. The van der Waals surface area contributed by atoms with E-state index in [1.54, 1.807) is 11.8 Å². The van der Waals surface area contributed by atoms with Gasteiger partial charge in [0.1, 0.15) is 12.3 Å². The zero-order valence-electron chi connectivity index (χ0n) is 17.3. The Labute approximate surface area is 176 Å². The smallest absolute Gasteiger partial charge is 0.326 e. The number of hydrogen-bond donors (Lipinski definition) is 0. The molecule has 0 saturated heterocycles. The van der Waals surface area contributed by atoms with Crippen molar-refractivity contribution in [3.05, 3.63) is 71.8 Å². The zero-order valence-corrected chi connectivity index (χ0v) is 17.3. The second-order valence-electron chi connectivity index (χ2n) is 7.23. The third-order valence-electron chi connectivity index (χ3n) is 5.45. The van der Waals surface area contributed by atoms with Crippen LogP contribution >= 0.6 is 0 Å². The van der Waals surface area contributed by atoms with Gasteiger partial charge in [-0.2, -0.15) is 0 Å². The number of benzene rings is 3. The lowest BCUT2D eigenvalue weighted by atomic mass is 9.81. The van der Waals surface area contributed by atoms with Crippen molar-refractivity contribution < 1.29 is 19.1 Å². The van der Waals surface area contributed by atoms with Crippen LogP contribution in [0, 0.1) is 0 Å². The number of rotatable bonds is 6. The van der Waals surface area contributed by atoms with Gasteiger partial charge in [-0.3, -0.25) is 9.59 Å². The number of ether oxygens (including phenoxy) is 2. The van der Waals surface area contributed by atoms with Crippen molar-refractivity contribution in [2.24, 2.45) is 0 Å². The van der Waals surface area contributed by atoms with Gasteiger partial charge in [0.25, 0.3) is 0 Å². The summed E-state index contributed by atoms with van der Waals surface area (Å²) in [6.07, 6.45) is 0.268. The van der Waals surface area contributed by atoms with Crippen LogP contribution in [0.2, 0.25) is 0 Å². The Kier molecular flexibility index (Phi) is 5.70. The molecule has 3 aromatic rings. The molecule has 0 radical (unpaired) electrons. The van der Waals surface area contributed by atoms with Gasteiger partial charge in [0.2, 0.25) is 5.91 Å². The van der Waals surface area contributed by atoms with Gasteiger partial charge in [-0.15, -0.1) is 0 Å². The molecule has 1 aliphatic rings. The normalized spacial score (nSPS) is 15.7. The summed E-state index contributed by atoms with van der Waals surface area (Å²) in [5, 5.41) is 2.17. The highest BCUT2D eigenvalue weighted by atomic mass is 16.5. The van der Waals surface area contributed by atoms with Crippen molar-refractivity contribution in [1.82, 2.24) is 0 Å². The minimum atomic E-state index is -0.405. The molecule has 3 aromatic carbocycles. The molecule has 0 fully saturated rings. The Morgan fingerprint density at radius 3 is 2.57 bits per heavy atom. The number of fused-ring (bicyclic) bond motifs is 3. The number of carbonyl (C=O) groups excluding carboxylic acids is 2. The van der Waals surface area contributed by atoms with E-state index in [2.05, 4.69) is 12.1 Å². The van der Waals surface area contributed by atoms with E-state index < -0.39 is 5.97 Å². The standard InChI is InChI=1S/C25H25NO4/c1-3-29-22-12-8-7-11-19(22)20-15-23(27)26(16-24(28)30-4-2)21-14-13-17-9-5-6-10-18(17)25(20)21/h5-14,20H,3-4,15-16H2,1-2H3. The fraction of sp³-hybridized carbons (Fsp3) is 0.280. The number of para-hydroxylation sites is 1. The molecule has 0 saturated carbocycles. The van der Waals surface area contributed by atoms with Crippen LogP contribution in [0.1, 0.15) is 37.3 Å². The Morgan fingerprint density at radius 1 is 1.00 bits per heavy atom. The lowest BCUT2D eigenvalue weighted by molar-refractivity contribution is -0.142. The summed E-state index contributed by atoms with van der Waals surface area (Å²) in [5.41, 5.74) is 2.79. The average Bonchev–Trinajstić information content (AvgIpc) is 2.76. The van der Waals surface area contributed by atoms with Crippen molar-refractivity contribution in [2.75, 3.05) is 24.7 Å². The largest absolute Gasteiger partial charge is 0.494 e. The van der Waals surface area contributed by atoms with Crippen molar-refractivity contribution in [1.29, 1.82) is 0 Å². The van der Waals surface area contributed by atoms with Crippen molar-refractivity contribution in [3.8, 4) is 5.75 Å². The summed E-state index contributed by atoms with van der Waals surface area (Å²) in [6, 6.07) is 19.9. The first kappa shape index (κ1) is 20.0. The first-order valence-electron chi connectivity index (χ1n) is 10.3. The molecule has 1 unspecified atom stereocenters. The van der Waals surface area contributed by atoms with Crippen LogP contribution in [0.15, 0.2) is 60.7 Å². The number of nitrogens with zero attached hydrogens (tertiary/aromatic N) is 1. The highest BCUT2D eigenvalue weighted by Gasteiger charge is 2.35. The van der Waals surface area contributed by atoms with Gasteiger partial charge in [0.05, 0.1) is 13.2 Å². The Morgan fingerprint density at radius 2 is 1.77 bits per heavy atom. The first-order chi connectivity index (χ1) is 14.6. The van der Waals surface area contributed by atoms with Gasteiger partial charge in [0.15, 0.2) is 0 Å². The summed E-state index contributed by atoms with van der Waals surface area (Å²) in [7, 11) is 0. The third kappa shape index (κ3) is 3.63. The van der Waals surface area contributed by atoms with E-state index in [9.17, 15) is 9.59 Å². The highest BCUT2D eigenvalue weighted by Crippen LogP contribution is 2.46. The van der Waals surface area contributed by atoms with Crippen LogP contribution in [-0.4, -0.2) is 31.6 Å². The van der Waals surface area contributed by atoms with Crippen LogP contribution in [0.5, 0.6) is 5.75 Å². The summed E-state index contributed by atoms with van der Waals surface area (Å²) in [6.45, 7) is 4.47. The molecule has 1 atom stereocenters. The zero-order chi connectivity index (χ0) is 21.1. The Hall–Kier alpha value is -3.34. The quantitative estimate of drug-likeness (QED) is 0.561. The summed E-state index contributed by atoms with van der Waals surface area (Å²) >= 11 is 0. The molecule has 0 aromatic heterocycles. The van der Waals surface area contributed by atoms with Crippen LogP contribution in [0.4, 0.5) is 5.69 Å². The molecule has 0 aliphatic carbocycles. The summed E-state index contributed by atoms with van der Waals surface area (Å²) in [4.78, 5) is 26.9. The fourth-order valence-corrected chi connectivity index (χ4v) is 4.24. The van der Waals surface area contributed by atoms with Gasteiger partial charge >= 0.3 is 5.97 Å². The van der Waals surface area contributed by atoms with Crippen LogP contribution in [0.25, 0.3) is 10.8 Å². The summed E-state index contributed by atoms with van der Waals surface area (Å²) in [5.74, 6) is 0.135. The van der Waals surface area contributed by atoms with E-state index in [0.29, 0.717) is 6.61 Å². The molecule has 0 spiro atoms. The lowest BCUT2D eigenvalue weighted by Gasteiger charge is -2.35. The van der Waals surface area contributed by atoms with Gasteiger partial charge in [-0.1, -0.05) is 48.5 Å². The number of esters is 1. The fourth-order valence-electron chi connectivity index (χ4n) is 4.24. The predicted octanol–water partition coefficient (Wildman–Crippen LogP) is 4.67. The molecule has 154 valence electrons. The van der Waals surface area contributed by atoms with Gasteiger partial charge < -0.3 is 14.4 Å². The second kappa shape index (κ2) is 8.57. The SMILES string of the molecule is CCOC(=O)CN1C(=O)CC(c2ccccc2OCC)c2c1ccc1ccccc21. The van der Waals surface area contributed by atoms with Crippen molar-refractivity contribution in [2.45, 2.75) is 26.2 Å². The Balaban J connectivity index is 1.90. The van der Waals surface area contributed by atoms with Crippen molar-refractivity contribution >= 4 is 28.3 Å². The minimum Gasteiger partial charge on any atom is -0.494 e. The molecule has 30 heavy (non-hydrogen) atoms. The number of hydrogen-bond acceptors (Lipinski definition) is 4. The highest BCUT2D eigenvalue weighted by molar-refractivity contribution is 6.05. The molecule has 1 heterocycles. The van der Waals surface area contributed by atoms with E-state index in [4.69, 9.17) is 9.47 Å². The molecule has 0 bridgehead atoms. The maximum Gasteiger partial charge on any atom is 0.326 e. The minimum absolute atomic E-state index is 0.0855. The molecule has 0 N–H and O–H groups in total. The molecule has 5 nitrogen and oxygen atoms in total. The molecule has 1 amide bonds. The topological polar surface area (TPSA) is 55.8 Å². The molecule has 4 rings (SSSR count). The molecule has 1 aliphatic heterocycles. The second-order valence-corrected chi connectivity index (χ2v) is 7.23. The van der Waals surface area contributed by atoms with E-state index in [-0.39, 0.29) is 31.4 Å². The lowest BCUT2D eigenvalue weighted by Crippen LogP contribution is -2.41. The van der Waals surface area contributed by atoms with E-state index in [1.807, 2.05) is 55.5 Å². The van der Waals surface area contributed by atoms with E-state index in [1.165, 1.54) is 0 Å². The van der Waals surface area contributed by atoms with Gasteiger partial charge in [0, 0.05) is 23.6 Å². The first-order valence-corrected chi connectivity index (χ1v) is 10.3. The predicted molar refractivity (Wildman–Crippen MR) is 117 cm³/mol. The third-order valence-corrected chi connectivity index (χ3v) is 5.45. The number of anilines is 1. The average molecular weight is 403 g/mol. The Bertz CT molecular complexity index is 1090. The number of amides is 1. The van der Waals surface area contributed by atoms with E-state index in [0.717, 1.165) is 33.3 Å². The van der Waals surface area contributed by atoms with Crippen LogP contribution < -0.4 is 9.64 Å².